The number of aryl methyl sites for hydroxylation is 1. The van der Waals surface area contributed by atoms with Gasteiger partial charge in [-0.05, 0) is 52.2 Å². The van der Waals surface area contributed by atoms with Gasteiger partial charge in [0.05, 0.1) is 12.1 Å². The van der Waals surface area contributed by atoms with Gasteiger partial charge >= 0.3 is 0 Å². The van der Waals surface area contributed by atoms with Crippen LogP contribution in [-0.2, 0) is 4.74 Å². The van der Waals surface area contributed by atoms with Crippen molar-refractivity contribution in [2.75, 3.05) is 13.7 Å². The number of aliphatic imine (C=N–C) groups is 1. The van der Waals surface area contributed by atoms with Crippen molar-refractivity contribution in [2.24, 2.45) is 10.4 Å². The zero-order chi connectivity index (χ0) is 16.4. The maximum Gasteiger partial charge on any atom is 0.191 e. The van der Waals surface area contributed by atoms with Crippen molar-refractivity contribution in [3.63, 3.8) is 0 Å². The van der Waals surface area contributed by atoms with E-state index in [-0.39, 0.29) is 30.0 Å². The van der Waals surface area contributed by atoms with Crippen molar-refractivity contribution < 1.29 is 9.15 Å². The van der Waals surface area contributed by atoms with Crippen LogP contribution in [0.15, 0.2) is 21.5 Å². The molecule has 2 aliphatic carbocycles. The Hall–Kier alpha value is -0.760. The summed E-state index contributed by atoms with van der Waals surface area (Å²) in [6.45, 7) is 6.95. The summed E-state index contributed by atoms with van der Waals surface area (Å²) in [5, 5.41) is 7.04. The molecule has 5 nitrogen and oxygen atoms in total. The number of nitrogens with zero attached hydrogens (tertiary/aromatic N) is 1. The highest BCUT2D eigenvalue weighted by Crippen LogP contribution is 2.57. The smallest absolute Gasteiger partial charge is 0.191 e. The van der Waals surface area contributed by atoms with Crippen molar-refractivity contribution in [1.82, 2.24) is 10.6 Å². The van der Waals surface area contributed by atoms with Crippen LogP contribution in [0.25, 0.3) is 0 Å². The summed E-state index contributed by atoms with van der Waals surface area (Å²) in [5.41, 5.74) is 0.331. The minimum atomic E-state index is 0. The largest absolute Gasteiger partial charge is 0.464 e. The molecule has 1 spiro atoms. The topological polar surface area (TPSA) is 58.8 Å². The molecule has 2 fully saturated rings. The third-order valence-electron chi connectivity index (χ3n) is 5.51. The van der Waals surface area contributed by atoms with Crippen molar-refractivity contribution in [1.29, 1.82) is 0 Å². The van der Waals surface area contributed by atoms with E-state index >= 15 is 0 Å². The number of guanidine groups is 1. The average Bonchev–Trinajstić information content (AvgIpc) is 2.89. The fourth-order valence-corrected chi connectivity index (χ4v) is 3.94. The number of halogens is 1. The molecule has 0 amide bonds. The molecule has 1 aromatic rings. The lowest BCUT2D eigenvalue weighted by atomic mass is 9.51. The Morgan fingerprint density at radius 3 is 2.71 bits per heavy atom. The van der Waals surface area contributed by atoms with E-state index in [1.54, 1.807) is 0 Å². The molecule has 136 valence electrons. The van der Waals surface area contributed by atoms with Crippen LogP contribution in [0.3, 0.4) is 0 Å². The SMILES string of the molecule is CCOC1CC(NC(=NC)NC(C)c2ccc(C)o2)C12CCC2.I. The summed E-state index contributed by atoms with van der Waals surface area (Å²) in [7, 11) is 1.82. The minimum absolute atomic E-state index is 0. The summed E-state index contributed by atoms with van der Waals surface area (Å²) in [6.07, 6.45) is 5.33. The minimum Gasteiger partial charge on any atom is -0.464 e. The number of rotatable bonds is 5. The van der Waals surface area contributed by atoms with Crippen molar-refractivity contribution in [3.05, 3.63) is 23.7 Å². The van der Waals surface area contributed by atoms with Crippen LogP contribution >= 0.6 is 24.0 Å². The molecule has 0 radical (unpaired) electrons. The molecule has 0 bridgehead atoms. The first-order chi connectivity index (χ1) is 11.1. The standard InChI is InChI=1S/C18H29N3O2.HI/c1-5-22-16-11-15(18(16)9-6-10-18)21-17(19-4)20-13(3)14-8-7-12(2)23-14;/h7-8,13,15-16H,5-6,9-11H2,1-4H3,(H2,19,20,21);1H. The Bertz CT molecular complexity index is 568. The van der Waals surface area contributed by atoms with Crippen molar-refractivity contribution >= 4 is 29.9 Å². The van der Waals surface area contributed by atoms with E-state index in [0.29, 0.717) is 17.6 Å². The normalized spacial score (nSPS) is 26.1. The second-order valence-electron chi connectivity index (χ2n) is 6.85. The van der Waals surface area contributed by atoms with Gasteiger partial charge in [-0.15, -0.1) is 24.0 Å². The molecule has 6 heteroatoms. The van der Waals surface area contributed by atoms with E-state index in [4.69, 9.17) is 9.15 Å². The highest BCUT2D eigenvalue weighted by Gasteiger charge is 2.59. The first-order valence-electron chi connectivity index (χ1n) is 8.77. The Labute approximate surface area is 162 Å². The summed E-state index contributed by atoms with van der Waals surface area (Å²) in [5.74, 6) is 2.71. The third kappa shape index (κ3) is 3.59. The van der Waals surface area contributed by atoms with Gasteiger partial charge in [-0.3, -0.25) is 4.99 Å². The van der Waals surface area contributed by atoms with E-state index in [2.05, 4.69) is 29.5 Å². The third-order valence-corrected chi connectivity index (χ3v) is 5.51. The maximum atomic E-state index is 5.92. The molecular weight excluding hydrogens is 417 g/mol. The van der Waals surface area contributed by atoms with Gasteiger partial charge in [0.1, 0.15) is 11.5 Å². The van der Waals surface area contributed by atoms with Gasteiger partial charge in [-0.2, -0.15) is 0 Å². The van der Waals surface area contributed by atoms with Crippen molar-refractivity contribution in [2.45, 2.75) is 64.6 Å². The maximum absolute atomic E-state index is 5.92. The second-order valence-corrected chi connectivity index (χ2v) is 6.85. The van der Waals surface area contributed by atoms with E-state index in [1.165, 1.54) is 19.3 Å². The van der Waals surface area contributed by atoms with Crippen LogP contribution in [0.5, 0.6) is 0 Å². The molecule has 0 saturated heterocycles. The number of furan rings is 1. The van der Waals surface area contributed by atoms with E-state index in [0.717, 1.165) is 30.5 Å². The van der Waals surface area contributed by atoms with Crippen LogP contribution in [0.4, 0.5) is 0 Å². The molecule has 0 aliphatic heterocycles. The predicted octanol–water partition coefficient (Wildman–Crippen LogP) is 3.78. The molecule has 24 heavy (non-hydrogen) atoms. The van der Waals surface area contributed by atoms with Crippen molar-refractivity contribution in [3.8, 4) is 0 Å². The van der Waals surface area contributed by atoms with Gasteiger partial charge in [0.15, 0.2) is 5.96 Å². The zero-order valence-corrected chi connectivity index (χ0v) is 17.4. The summed E-state index contributed by atoms with van der Waals surface area (Å²) < 4.78 is 11.6. The Balaban J connectivity index is 0.00000208. The quantitative estimate of drug-likeness (QED) is 0.410. The zero-order valence-electron chi connectivity index (χ0n) is 15.1. The molecule has 0 aromatic carbocycles. The predicted molar refractivity (Wildman–Crippen MR) is 107 cm³/mol. The highest BCUT2D eigenvalue weighted by atomic mass is 127. The Morgan fingerprint density at radius 1 is 1.46 bits per heavy atom. The van der Waals surface area contributed by atoms with Gasteiger partial charge in [0, 0.05) is 25.1 Å². The van der Waals surface area contributed by atoms with E-state index in [1.807, 2.05) is 26.1 Å². The lowest BCUT2D eigenvalue weighted by molar-refractivity contribution is -0.168. The molecule has 2 aliphatic rings. The lowest BCUT2D eigenvalue weighted by Gasteiger charge is -2.61. The van der Waals surface area contributed by atoms with Gasteiger partial charge in [-0.1, -0.05) is 6.42 Å². The monoisotopic (exact) mass is 447 g/mol. The molecule has 1 heterocycles. The summed E-state index contributed by atoms with van der Waals surface area (Å²) in [4.78, 5) is 4.39. The first-order valence-corrected chi connectivity index (χ1v) is 8.77. The van der Waals surface area contributed by atoms with E-state index < -0.39 is 0 Å². The van der Waals surface area contributed by atoms with Gasteiger partial charge in [-0.25, -0.2) is 0 Å². The van der Waals surface area contributed by atoms with E-state index in [9.17, 15) is 0 Å². The van der Waals surface area contributed by atoms with Gasteiger partial charge in [0.2, 0.25) is 0 Å². The molecular formula is C18H30IN3O2. The van der Waals surface area contributed by atoms with Crippen LogP contribution in [-0.4, -0.2) is 31.8 Å². The number of nitrogens with one attached hydrogen (secondary N) is 2. The fourth-order valence-electron chi connectivity index (χ4n) is 3.94. The Kier molecular flexibility index (Phi) is 6.59. The lowest BCUT2D eigenvalue weighted by Crippen LogP contribution is -2.68. The number of ether oxygens (including phenoxy) is 1. The molecule has 3 atom stereocenters. The molecule has 2 N–H and O–H groups in total. The Morgan fingerprint density at radius 2 is 2.21 bits per heavy atom. The van der Waals surface area contributed by atoms with Crippen LogP contribution < -0.4 is 10.6 Å². The fraction of sp³-hybridized carbons (Fsp3) is 0.722. The first kappa shape index (κ1) is 19.6. The summed E-state index contributed by atoms with van der Waals surface area (Å²) >= 11 is 0. The molecule has 3 unspecified atom stereocenters. The van der Waals surface area contributed by atoms with Gasteiger partial charge in [0.25, 0.3) is 0 Å². The number of hydrogen-bond acceptors (Lipinski definition) is 3. The van der Waals surface area contributed by atoms with Gasteiger partial charge < -0.3 is 19.8 Å². The van der Waals surface area contributed by atoms with Crippen LogP contribution in [0, 0.1) is 12.3 Å². The second kappa shape index (κ2) is 8.08. The average molecular weight is 447 g/mol. The molecule has 2 saturated carbocycles. The molecule has 1 aromatic heterocycles. The summed E-state index contributed by atoms with van der Waals surface area (Å²) in [6, 6.07) is 4.56. The number of hydrogen-bond donors (Lipinski definition) is 2. The van der Waals surface area contributed by atoms with Crippen LogP contribution in [0.2, 0.25) is 0 Å². The molecule has 3 rings (SSSR count). The van der Waals surface area contributed by atoms with Crippen LogP contribution in [0.1, 0.15) is 57.1 Å². The highest BCUT2D eigenvalue weighted by molar-refractivity contribution is 14.0.